The smallest absolute Gasteiger partial charge is 0.142 e. The van der Waals surface area contributed by atoms with Crippen molar-refractivity contribution >= 4 is 29.7 Å². The van der Waals surface area contributed by atoms with E-state index in [0.29, 0.717) is 12.4 Å². The highest BCUT2D eigenvalue weighted by atomic mass is 35.5. The van der Waals surface area contributed by atoms with Crippen molar-refractivity contribution in [3.8, 4) is 0 Å². The summed E-state index contributed by atoms with van der Waals surface area (Å²) in [6.45, 7) is 9.67. The summed E-state index contributed by atoms with van der Waals surface area (Å²) in [5.41, 5.74) is 3.17. The number of aliphatic imine (C=N–C) groups is 2. The van der Waals surface area contributed by atoms with Crippen molar-refractivity contribution in [2.24, 2.45) is 9.98 Å². The van der Waals surface area contributed by atoms with E-state index in [4.69, 9.17) is 11.6 Å². The van der Waals surface area contributed by atoms with Crippen LogP contribution in [0, 0.1) is 5.82 Å². The van der Waals surface area contributed by atoms with Gasteiger partial charge >= 0.3 is 0 Å². The van der Waals surface area contributed by atoms with E-state index in [9.17, 15) is 4.39 Å². The second-order valence-electron chi connectivity index (χ2n) is 6.94. The monoisotopic (exact) mass is 466 g/mol. The molecular formula is C25H28ClFN6. The van der Waals surface area contributed by atoms with E-state index in [1.54, 1.807) is 36.8 Å². The fourth-order valence-corrected chi connectivity index (χ4v) is 3.23. The molecule has 0 fully saturated rings. The number of halogens is 2. The van der Waals surface area contributed by atoms with Gasteiger partial charge in [-0.05, 0) is 55.3 Å². The molecule has 0 bridgehead atoms. The molecule has 0 spiro atoms. The highest BCUT2D eigenvalue weighted by Gasteiger charge is 2.14. The fraction of sp³-hybridized carbons (Fsp3) is 0.200. The van der Waals surface area contributed by atoms with Crippen LogP contribution in [-0.2, 0) is 0 Å². The van der Waals surface area contributed by atoms with E-state index < -0.39 is 5.82 Å². The lowest BCUT2D eigenvalue weighted by atomic mass is 10.0. The molecule has 2 rings (SSSR count). The number of benzene rings is 1. The van der Waals surface area contributed by atoms with Gasteiger partial charge in [-0.1, -0.05) is 43.3 Å². The summed E-state index contributed by atoms with van der Waals surface area (Å²) in [6, 6.07) is 6.69. The van der Waals surface area contributed by atoms with Gasteiger partial charge in [0, 0.05) is 18.8 Å². The molecule has 8 heteroatoms. The maximum Gasteiger partial charge on any atom is 0.142 e. The highest BCUT2D eigenvalue weighted by molar-refractivity contribution is 6.30. The number of allylic oxidation sites excluding steroid dienone is 5. The predicted molar refractivity (Wildman–Crippen MR) is 136 cm³/mol. The number of aromatic nitrogens is 2. The molecule has 1 N–H and O–H groups in total. The molecule has 1 heterocycles. The van der Waals surface area contributed by atoms with Crippen LogP contribution in [0.1, 0.15) is 24.9 Å². The summed E-state index contributed by atoms with van der Waals surface area (Å²) in [4.78, 5) is 10.4. The first-order valence-electron chi connectivity index (χ1n) is 10.4. The van der Waals surface area contributed by atoms with Gasteiger partial charge in [-0.3, -0.25) is 9.98 Å². The van der Waals surface area contributed by atoms with E-state index >= 15 is 0 Å². The van der Waals surface area contributed by atoms with Crippen molar-refractivity contribution in [3.63, 3.8) is 0 Å². The van der Waals surface area contributed by atoms with Crippen LogP contribution in [0.25, 0.3) is 0 Å². The maximum atomic E-state index is 14.0. The van der Waals surface area contributed by atoms with Crippen LogP contribution in [0.2, 0.25) is 5.02 Å². The van der Waals surface area contributed by atoms with Crippen LogP contribution < -0.4 is 5.32 Å². The number of rotatable bonds is 12. The zero-order chi connectivity index (χ0) is 24.1. The summed E-state index contributed by atoms with van der Waals surface area (Å²) < 4.78 is 14.0. The number of hydrogen-bond donors (Lipinski definition) is 1. The Morgan fingerprint density at radius 1 is 1.30 bits per heavy atom. The third-order valence-electron chi connectivity index (χ3n) is 4.74. The van der Waals surface area contributed by atoms with Crippen LogP contribution >= 0.6 is 11.6 Å². The molecule has 1 aromatic heterocycles. The van der Waals surface area contributed by atoms with Gasteiger partial charge < -0.3 is 10.2 Å². The Morgan fingerprint density at radius 2 is 2.12 bits per heavy atom. The fourth-order valence-electron chi connectivity index (χ4n) is 3.11. The Bertz CT molecular complexity index is 1050. The van der Waals surface area contributed by atoms with Gasteiger partial charge in [0.1, 0.15) is 12.5 Å². The third kappa shape index (κ3) is 8.12. The molecule has 0 aliphatic rings. The molecule has 0 saturated heterocycles. The summed E-state index contributed by atoms with van der Waals surface area (Å²) >= 11 is 5.84. The summed E-state index contributed by atoms with van der Waals surface area (Å²) in [6.07, 6.45) is 14.8. The number of hydrogen-bond acceptors (Lipinski definition) is 6. The quantitative estimate of drug-likeness (QED) is 0.307. The lowest BCUT2D eigenvalue weighted by Gasteiger charge is -2.26. The summed E-state index contributed by atoms with van der Waals surface area (Å²) in [7, 11) is 1.94. The van der Waals surface area contributed by atoms with E-state index in [-0.39, 0.29) is 11.1 Å². The predicted octanol–water partition coefficient (Wildman–Crippen LogP) is 6.00. The Hall–Kier alpha value is -3.58. The molecule has 2 aromatic rings. The largest absolute Gasteiger partial charge is 0.373 e. The van der Waals surface area contributed by atoms with Crippen molar-refractivity contribution in [3.05, 3.63) is 102 Å². The molecule has 1 atom stereocenters. The van der Waals surface area contributed by atoms with E-state index in [1.165, 1.54) is 6.07 Å². The van der Waals surface area contributed by atoms with Gasteiger partial charge in [0.25, 0.3) is 0 Å². The Morgan fingerprint density at radius 3 is 2.76 bits per heavy atom. The number of anilines is 1. The van der Waals surface area contributed by atoms with Crippen LogP contribution in [0.4, 0.5) is 10.1 Å². The summed E-state index contributed by atoms with van der Waals surface area (Å²) in [5, 5.41) is 10.9. The maximum absolute atomic E-state index is 14.0. The van der Waals surface area contributed by atoms with E-state index in [2.05, 4.69) is 38.8 Å². The molecule has 6 nitrogen and oxygen atoms in total. The zero-order valence-electron chi connectivity index (χ0n) is 18.8. The van der Waals surface area contributed by atoms with Gasteiger partial charge in [-0.15, -0.1) is 0 Å². The minimum absolute atomic E-state index is 0.0235. The Labute approximate surface area is 199 Å². The van der Waals surface area contributed by atoms with E-state index in [0.717, 1.165) is 23.2 Å². The molecule has 172 valence electrons. The first-order chi connectivity index (χ1) is 16.0. The molecule has 0 aliphatic carbocycles. The lowest BCUT2D eigenvalue weighted by Crippen LogP contribution is -2.19. The highest BCUT2D eigenvalue weighted by Crippen LogP contribution is 2.26. The van der Waals surface area contributed by atoms with Gasteiger partial charge in [-0.25, -0.2) is 4.39 Å². The van der Waals surface area contributed by atoms with E-state index in [1.807, 2.05) is 49.4 Å². The van der Waals surface area contributed by atoms with Crippen molar-refractivity contribution in [2.75, 3.05) is 19.0 Å². The Balaban J connectivity index is 2.24. The standard InChI is InChI=1S/C25H28ClFN6/c1-5-7-19(24(11-13-28-3)30-18-29-21-10-14-31-32-17-21)12-15-33(4)25(6-2)20-8-9-22(26)23(27)16-20/h5,7-17,25H,1,3,6,18H2,2,4H3,(H,29,31)/b13-11-,15-12-,19-7+,30-24+. The van der Waals surface area contributed by atoms with Crippen LogP contribution in [-0.4, -0.2) is 41.2 Å². The van der Waals surface area contributed by atoms with Crippen LogP contribution in [0.5, 0.6) is 0 Å². The molecular weight excluding hydrogens is 439 g/mol. The van der Waals surface area contributed by atoms with Crippen LogP contribution in [0.15, 0.2) is 95.5 Å². The molecule has 1 aromatic carbocycles. The third-order valence-corrected chi connectivity index (χ3v) is 5.05. The van der Waals surface area contributed by atoms with Crippen molar-refractivity contribution in [1.29, 1.82) is 0 Å². The number of nitrogens with zero attached hydrogens (tertiary/aromatic N) is 5. The molecule has 0 saturated carbocycles. The van der Waals surface area contributed by atoms with Crippen LogP contribution in [0.3, 0.4) is 0 Å². The summed E-state index contributed by atoms with van der Waals surface area (Å²) in [5.74, 6) is -0.425. The second kappa shape index (κ2) is 13.8. The van der Waals surface area contributed by atoms with Gasteiger partial charge in [-0.2, -0.15) is 10.2 Å². The first kappa shape index (κ1) is 25.7. The molecule has 0 radical (unpaired) electrons. The lowest BCUT2D eigenvalue weighted by molar-refractivity contribution is 0.327. The Kier molecular flexibility index (Phi) is 10.7. The normalized spacial score (nSPS) is 13.3. The van der Waals surface area contributed by atoms with Gasteiger partial charge in [0.15, 0.2) is 0 Å². The molecule has 1 unspecified atom stereocenters. The zero-order valence-corrected chi connectivity index (χ0v) is 19.6. The SMILES string of the molecule is C=C/C=C(\C=C/N(C)C(CC)c1ccc(Cl)c(F)c1)C(/C=C\N=C)=N/CNc1ccnnc1. The minimum Gasteiger partial charge on any atom is -0.373 e. The average Bonchev–Trinajstić information content (AvgIpc) is 2.82. The number of nitrogens with one attached hydrogen (secondary N) is 1. The molecule has 0 aliphatic heterocycles. The molecule has 33 heavy (non-hydrogen) atoms. The average molecular weight is 467 g/mol. The second-order valence-corrected chi connectivity index (χ2v) is 7.35. The topological polar surface area (TPSA) is 65.8 Å². The first-order valence-corrected chi connectivity index (χ1v) is 10.7. The van der Waals surface area contributed by atoms with Gasteiger partial charge in [0.05, 0.1) is 34.9 Å². The van der Waals surface area contributed by atoms with Gasteiger partial charge in [0.2, 0.25) is 0 Å². The van der Waals surface area contributed by atoms with Crippen molar-refractivity contribution < 1.29 is 4.39 Å². The van der Waals surface area contributed by atoms with Crippen molar-refractivity contribution in [2.45, 2.75) is 19.4 Å². The minimum atomic E-state index is -0.425. The van der Waals surface area contributed by atoms with Crippen molar-refractivity contribution in [1.82, 2.24) is 15.1 Å². The molecule has 0 amide bonds.